The van der Waals surface area contributed by atoms with Crippen LogP contribution >= 0.6 is 15.9 Å². The SMILES string of the molecule is OC(Cc1ccccc1Br)CC1CCOC1. The second-order valence-corrected chi connectivity index (χ2v) is 5.27. The first kappa shape index (κ1) is 12.1. The smallest absolute Gasteiger partial charge is 0.0584 e. The van der Waals surface area contributed by atoms with Crippen molar-refractivity contribution in [3.63, 3.8) is 0 Å². The van der Waals surface area contributed by atoms with E-state index in [1.807, 2.05) is 18.2 Å². The molecule has 1 aromatic carbocycles. The zero-order chi connectivity index (χ0) is 11.4. The Hall–Kier alpha value is -0.380. The van der Waals surface area contributed by atoms with Gasteiger partial charge in [-0.2, -0.15) is 0 Å². The van der Waals surface area contributed by atoms with Crippen molar-refractivity contribution in [3.8, 4) is 0 Å². The predicted octanol–water partition coefficient (Wildman–Crippen LogP) is 2.78. The van der Waals surface area contributed by atoms with Gasteiger partial charge in [0, 0.05) is 17.7 Å². The summed E-state index contributed by atoms with van der Waals surface area (Å²) in [6, 6.07) is 8.06. The molecular weight excluding hydrogens is 268 g/mol. The summed E-state index contributed by atoms with van der Waals surface area (Å²) >= 11 is 3.50. The van der Waals surface area contributed by atoms with Crippen molar-refractivity contribution in [1.82, 2.24) is 0 Å². The Bertz CT molecular complexity index is 334. The minimum atomic E-state index is -0.259. The molecule has 0 spiro atoms. The number of ether oxygens (including phenoxy) is 1. The Morgan fingerprint density at radius 2 is 2.25 bits per heavy atom. The fourth-order valence-corrected chi connectivity index (χ4v) is 2.60. The van der Waals surface area contributed by atoms with Gasteiger partial charge in [-0.1, -0.05) is 34.1 Å². The van der Waals surface area contributed by atoms with E-state index in [1.54, 1.807) is 0 Å². The average molecular weight is 285 g/mol. The summed E-state index contributed by atoms with van der Waals surface area (Å²) < 4.78 is 6.39. The third kappa shape index (κ3) is 3.30. The van der Waals surface area contributed by atoms with E-state index in [1.165, 1.54) is 5.56 Å². The Morgan fingerprint density at radius 1 is 1.44 bits per heavy atom. The highest BCUT2D eigenvalue weighted by atomic mass is 79.9. The molecule has 0 saturated carbocycles. The predicted molar refractivity (Wildman–Crippen MR) is 67.4 cm³/mol. The summed E-state index contributed by atoms with van der Waals surface area (Å²) in [4.78, 5) is 0. The molecule has 2 atom stereocenters. The zero-order valence-electron chi connectivity index (χ0n) is 9.23. The molecule has 0 aliphatic carbocycles. The van der Waals surface area contributed by atoms with E-state index in [2.05, 4.69) is 22.0 Å². The molecule has 16 heavy (non-hydrogen) atoms. The average Bonchev–Trinajstić information content (AvgIpc) is 2.74. The lowest BCUT2D eigenvalue weighted by Gasteiger charge is -2.15. The van der Waals surface area contributed by atoms with Crippen molar-refractivity contribution in [2.45, 2.75) is 25.4 Å². The van der Waals surface area contributed by atoms with Crippen molar-refractivity contribution < 1.29 is 9.84 Å². The van der Waals surface area contributed by atoms with Gasteiger partial charge >= 0.3 is 0 Å². The van der Waals surface area contributed by atoms with Crippen LogP contribution in [0.4, 0.5) is 0 Å². The van der Waals surface area contributed by atoms with E-state index in [-0.39, 0.29) is 6.10 Å². The lowest BCUT2D eigenvalue weighted by Crippen LogP contribution is -2.16. The number of hydrogen-bond acceptors (Lipinski definition) is 2. The highest BCUT2D eigenvalue weighted by Crippen LogP contribution is 2.22. The van der Waals surface area contributed by atoms with Crippen molar-refractivity contribution in [3.05, 3.63) is 34.3 Å². The molecule has 1 heterocycles. The third-order valence-electron chi connectivity index (χ3n) is 3.04. The van der Waals surface area contributed by atoms with Gasteiger partial charge in [0.25, 0.3) is 0 Å². The summed E-state index contributed by atoms with van der Waals surface area (Å²) in [5, 5.41) is 10.0. The summed E-state index contributed by atoms with van der Waals surface area (Å²) in [5.41, 5.74) is 1.17. The summed E-state index contributed by atoms with van der Waals surface area (Å²) in [7, 11) is 0. The van der Waals surface area contributed by atoms with E-state index in [0.29, 0.717) is 5.92 Å². The molecule has 0 aromatic heterocycles. The van der Waals surface area contributed by atoms with Gasteiger partial charge in [0.1, 0.15) is 0 Å². The van der Waals surface area contributed by atoms with Crippen LogP contribution < -0.4 is 0 Å². The largest absolute Gasteiger partial charge is 0.393 e. The maximum Gasteiger partial charge on any atom is 0.0584 e. The van der Waals surface area contributed by atoms with Crippen molar-refractivity contribution in [2.24, 2.45) is 5.92 Å². The normalized spacial score (nSPS) is 22.2. The van der Waals surface area contributed by atoms with Gasteiger partial charge in [-0.3, -0.25) is 0 Å². The minimum Gasteiger partial charge on any atom is -0.393 e. The van der Waals surface area contributed by atoms with Crippen LogP contribution in [0.3, 0.4) is 0 Å². The lowest BCUT2D eigenvalue weighted by atomic mass is 9.97. The molecule has 1 aliphatic rings. The van der Waals surface area contributed by atoms with Crippen LogP contribution in [-0.4, -0.2) is 24.4 Å². The van der Waals surface area contributed by atoms with E-state index >= 15 is 0 Å². The number of aliphatic hydroxyl groups is 1. The maximum absolute atomic E-state index is 10.0. The van der Waals surface area contributed by atoms with Crippen LogP contribution in [-0.2, 0) is 11.2 Å². The van der Waals surface area contributed by atoms with Crippen molar-refractivity contribution >= 4 is 15.9 Å². The molecule has 3 heteroatoms. The van der Waals surface area contributed by atoms with Crippen LogP contribution in [0.25, 0.3) is 0 Å². The highest BCUT2D eigenvalue weighted by Gasteiger charge is 2.19. The molecule has 88 valence electrons. The number of aliphatic hydroxyl groups excluding tert-OH is 1. The molecular formula is C13H17BrO2. The minimum absolute atomic E-state index is 0.259. The van der Waals surface area contributed by atoms with Crippen LogP contribution in [0.2, 0.25) is 0 Å². The molecule has 1 aliphatic heterocycles. The number of halogens is 1. The fourth-order valence-electron chi connectivity index (χ4n) is 2.16. The maximum atomic E-state index is 10.0. The Labute approximate surface area is 105 Å². The van der Waals surface area contributed by atoms with Crippen LogP contribution in [0.15, 0.2) is 28.7 Å². The summed E-state index contributed by atoms with van der Waals surface area (Å²) in [6.07, 6.45) is 2.40. The Balaban J connectivity index is 1.86. The van der Waals surface area contributed by atoms with Gasteiger partial charge in [-0.05, 0) is 36.8 Å². The molecule has 1 fully saturated rings. The standard InChI is InChI=1S/C13H17BrO2/c14-13-4-2-1-3-11(13)8-12(15)7-10-5-6-16-9-10/h1-4,10,12,15H,5-9H2. The molecule has 2 rings (SSSR count). The lowest BCUT2D eigenvalue weighted by molar-refractivity contribution is 0.128. The number of hydrogen-bond donors (Lipinski definition) is 1. The summed E-state index contributed by atoms with van der Waals surface area (Å²) in [6.45, 7) is 1.67. The van der Waals surface area contributed by atoms with Gasteiger partial charge in [0.05, 0.1) is 6.10 Å². The number of rotatable bonds is 4. The first-order chi connectivity index (χ1) is 7.75. The molecule has 0 bridgehead atoms. The van der Waals surface area contributed by atoms with Gasteiger partial charge in [0.15, 0.2) is 0 Å². The van der Waals surface area contributed by atoms with Crippen LogP contribution in [0.5, 0.6) is 0 Å². The zero-order valence-corrected chi connectivity index (χ0v) is 10.8. The Kier molecular flexibility index (Phi) is 4.38. The molecule has 2 unspecified atom stereocenters. The highest BCUT2D eigenvalue weighted by molar-refractivity contribution is 9.10. The van der Waals surface area contributed by atoms with E-state index in [9.17, 15) is 5.11 Å². The van der Waals surface area contributed by atoms with E-state index < -0.39 is 0 Å². The second kappa shape index (κ2) is 5.80. The van der Waals surface area contributed by atoms with Crippen LogP contribution in [0, 0.1) is 5.92 Å². The van der Waals surface area contributed by atoms with Crippen molar-refractivity contribution in [2.75, 3.05) is 13.2 Å². The second-order valence-electron chi connectivity index (χ2n) is 4.41. The summed E-state index contributed by atoms with van der Waals surface area (Å²) in [5.74, 6) is 0.539. The number of benzene rings is 1. The topological polar surface area (TPSA) is 29.5 Å². The molecule has 1 aromatic rings. The molecule has 1 N–H and O–H groups in total. The monoisotopic (exact) mass is 284 g/mol. The quantitative estimate of drug-likeness (QED) is 0.921. The van der Waals surface area contributed by atoms with Crippen molar-refractivity contribution in [1.29, 1.82) is 0 Å². The van der Waals surface area contributed by atoms with Gasteiger partial charge < -0.3 is 9.84 Å². The van der Waals surface area contributed by atoms with E-state index in [0.717, 1.165) is 36.9 Å². The molecule has 2 nitrogen and oxygen atoms in total. The van der Waals surface area contributed by atoms with Crippen LogP contribution in [0.1, 0.15) is 18.4 Å². The Morgan fingerprint density at radius 3 is 2.94 bits per heavy atom. The van der Waals surface area contributed by atoms with Gasteiger partial charge in [-0.25, -0.2) is 0 Å². The molecule has 1 saturated heterocycles. The van der Waals surface area contributed by atoms with Gasteiger partial charge in [0.2, 0.25) is 0 Å². The fraction of sp³-hybridized carbons (Fsp3) is 0.538. The molecule has 0 radical (unpaired) electrons. The first-order valence-electron chi connectivity index (χ1n) is 5.75. The first-order valence-corrected chi connectivity index (χ1v) is 6.54. The third-order valence-corrected chi connectivity index (χ3v) is 3.82. The van der Waals surface area contributed by atoms with Gasteiger partial charge in [-0.15, -0.1) is 0 Å². The van der Waals surface area contributed by atoms with E-state index in [4.69, 9.17) is 4.74 Å². The molecule has 0 amide bonds.